The first-order chi connectivity index (χ1) is 30.0. The second-order valence-corrected chi connectivity index (χ2v) is 18.7. The molecule has 0 radical (unpaired) electrons. The van der Waals surface area contributed by atoms with Crippen molar-refractivity contribution in [3.8, 4) is 0 Å². The number of anilines is 6. The average molecular weight is 805 g/mol. The molecule has 0 N–H and O–H groups in total. The third-order valence-corrected chi connectivity index (χ3v) is 12.4. The molecule has 0 aliphatic carbocycles. The molecule has 0 aliphatic rings. The summed E-state index contributed by atoms with van der Waals surface area (Å²) >= 11 is 0. The Morgan fingerprint density at radius 1 is 0.306 bits per heavy atom. The van der Waals surface area contributed by atoms with E-state index in [1.807, 2.05) is 0 Å². The molecule has 2 aromatic heterocycles. The average Bonchev–Trinajstić information content (AvgIpc) is 3.80. The molecule has 0 atom stereocenters. The molecule has 11 aromatic rings. The van der Waals surface area contributed by atoms with Crippen LogP contribution in [0.15, 0.2) is 191 Å². The number of benzene rings is 9. The molecule has 62 heavy (non-hydrogen) atoms. The molecule has 9 aromatic carbocycles. The Balaban J connectivity index is 1.01. The van der Waals surface area contributed by atoms with E-state index in [0.717, 1.165) is 88.2 Å². The highest BCUT2D eigenvalue weighted by molar-refractivity contribution is 6.18. The van der Waals surface area contributed by atoms with Gasteiger partial charge in [0.05, 0.1) is 0 Å². The number of rotatable bonds is 6. The van der Waals surface area contributed by atoms with Crippen LogP contribution in [-0.4, -0.2) is 0 Å². The van der Waals surface area contributed by atoms with E-state index < -0.39 is 0 Å². The summed E-state index contributed by atoms with van der Waals surface area (Å²) in [4.78, 5) is 4.75. The van der Waals surface area contributed by atoms with Crippen molar-refractivity contribution in [3.05, 3.63) is 193 Å². The van der Waals surface area contributed by atoms with Gasteiger partial charge in [-0.15, -0.1) is 0 Å². The summed E-state index contributed by atoms with van der Waals surface area (Å²) in [5.41, 5.74) is 12.7. The van der Waals surface area contributed by atoms with Crippen LogP contribution in [0.2, 0.25) is 0 Å². The van der Waals surface area contributed by atoms with Crippen LogP contribution < -0.4 is 9.80 Å². The van der Waals surface area contributed by atoms with Gasteiger partial charge in [-0.3, -0.25) is 0 Å². The van der Waals surface area contributed by atoms with E-state index in [2.05, 4.69) is 233 Å². The van der Waals surface area contributed by atoms with E-state index in [-0.39, 0.29) is 10.8 Å². The first-order valence-corrected chi connectivity index (χ1v) is 21.6. The van der Waals surface area contributed by atoms with Crippen LogP contribution in [0.3, 0.4) is 0 Å². The van der Waals surface area contributed by atoms with Gasteiger partial charge >= 0.3 is 0 Å². The van der Waals surface area contributed by atoms with Gasteiger partial charge in [-0.25, -0.2) is 0 Å². The van der Waals surface area contributed by atoms with Crippen LogP contribution >= 0.6 is 0 Å². The van der Waals surface area contributed by atoms with Crippen molar-refractivity contribution in [3.63, 3.8) is 0 Å². The highest BCUT2D eigenvalue weighted by atomic mass is 16.3. The minimum Gasteiger partial charge on any atom is -0.456 e. The highest BCUT2D eigenvalue weighted by Crippen LogP contribution is 2.45. The summed E-state index contributed by atoms with van der Waals surface area (Å²) in [6.07, 6.45) is 0. The Morgan fingerprint density at radius 2 is 0.661 bits per heavy atom. The fraction of sp³-hybridized carbons (Fsp3) is 0.138. The summed E-state index contributed by atoms with van der Waals surface area (Å²) in [7, 11) is 0. The minimum atomic E-state index is -0.0359. The molecule has 0 saturated heterocycles. The summed E-state index contributed by atoms with van der Waals surface area (Å²) in [6.45, 7) is 13.7. The van der Waals surface area contributed by atoms with Crippen molar-refractivity contribution in [1.82, 2.24) is 0 Å². The third-order valence-electron chi connectivity index (χ3n) is 12.4. The Kier molecular flexibility index (Phi) is 8.59. The lowest BCUT2D eigenvalue weighted by Gasteiger charge is -2.32. The number of hydrogen-bond donors (Lipinski definition) is 0. The van der Waals surface area contributed by atoms with Gasteiger partial charge in [-0.05, 0) is 141 Å². The number of furan rings is 2. The normalized spacial score (nSPS) is 12.4. The van der Waals surface area contributed by atoms with E-state index in [9.17, 15) is 0 Å². The first kappa shape index (κ1) is 37.7. The molecule has 0 unspecified atom stereocenters. The summed E-state index contributed by atoms with van der Waals surface area (Å²) in [5.74, 6) is 0. The van der Waals surface area contributed by atoms with Crippen LogP contribution in [-0.2, 0) is 10.8 Å². The minimum absolute atomic E-state index is 0.0359. The van der Waals surface area contributed by atoms with E-state index >= 15 is 0 Å². The Labute approximate surface area is 362 Å². The van der Waals surface area contributed by atoms with E-state index in [1.54, 1.807) is 0 Å². The molecule has 302 valence electrons. The van der Waals surface area contributed by atoms with E-state index in [0.29, 0.717) is 0 Å². The zero-order chi connectivity index (χ0) is 42.3. The predicted molar refractivity (Wildman–Crippen MR) is 263 cm³/mol. The molecule has 0 fully saturated rings. The number of fused-ring (bicyclic) bond motifs is 8. The van der Waals surface area contributed by atoms with Crippen LogP contribution in [0.5, 0.6) is 0 Å². The van der Waals surface area contributed by atoms with Gasteiger partial charge in [0.1, 0.15) is 22.3 Å². The molecule has 11 rings (SSSR count). The van der Waals surface area contributed by atoms with Gasteiger partial charge < -0.3 is 18.6 Å². The Bertz CT molecular complexity index is 3260. The van der Waals surface area contributed by atoms with Crippen molar-refractivity contribution in [2.24, 2.45) is 0 Å². The van der Waals surface area contributed by atoms with Crippen molar-refractivity contribution in [1.29, 1.82) is 0 Å². The van der Waals surface area contributed by atoms with Crippen LogP contribution in [0.1, 0.15) is 52.7 Å². The molecule has 2 heterocycles. The number of para-hydroxylation sites is 4. The maximum atomic E-state index is 6.71. The van der Waals surface area contributed by atoms with Crippen molar-refractivity contribution in [2.45, 2.75) is 52.4 Å². The quantitative estimate of drug-likeness (QED) is 0.168. The molecular formula is C58H48N2O2. The van der Waals surface area contributed by atoms with Gasteiger partial charge in [0.2, 0.25) is 0 Å². The summed E-state index contributed by atoms with van der Waals surface area (Å²) in [5, 5.41) is 8.80. The lowest BCUT2D eigenvalue weighted by atomic mass is 9.85. The molecule has 0 amide bonds. The van der Waals surface area contributed by atoms with Gasteiger partial charge in [0.25, 0.3) is 0 Å². The van der Waals surface area contributed by atoms with Crippen molar-refractivity contribution < 1.29 is 8.83 Å². The van der Waals surface area contributed by atoms with Gasteiger partial charge in [-0.2, -0.15) is 0 Å². The van der Waals surface area contributed by atoms with Gasteiger partial charge in [0.15, 0.2) is 0 Å². The second-order valence-electron chi connectivity index (χ2n) is 18.7. The maximum absolute atomic E-state index is 6.71. The molecule has 0 saturated carbocycles. The number of nitrogens with zero attached hydrogens (tertiary/aromatic N) is 2. The van der Waals surface area contributed by atoms with Crippen LogP contribution in [0.4, 0.5) is 34.1 Å². The lowest BCUT2D eigenvalue weighted by Crippen LogP contribution is -2.19. The second kappa shape index (κ2) is 14.1. The highest BCUT2D eigenvalue weighted by Gasteiger charge is 2.25. The molecule has 0 aliphatic heterocycles. The molecule has 0 spiro atoms. The van der Waals surface area contributed by atoms with E-state index in [1.165, 1.54) is 22.5 Å². The van der Waals surface area contributed by atoms with Gasteiger partial charge in [0, 0.05) is 55.7 Å². The van der Waals surface area contributed by atoms with Crippen LogP contribution in [0, 0.1) is 0 Å². The topological polar surface area (TPSA) is 32.8 Å². The predicted octanol–water partition coefficient (Wildman–Crippen LogP) is 17.3. The molecular weight excluding hydrogens is 757 g/mol. The SMILES string of the molecule is CC(C)(C)c1ccccc1N(c1ccccc1)c1ccc2cc3c(cc2c1)oc1cc2c(cc13)oc1cc3cc(N(c4ccccc4)c4ccccc4C(C)(C)C)ccc3cc12. The summed E-state index contributed by atoms with van der Waals surface area (Å²) < 4.78 is 13.4. The summed E-state index contributed by atoms with van der Waals surface area (Å²) in [6, 6.07) is 65.5. The zero-order valence-corrected chi connectivity index (χ0v) is 36.0. The maximum Gasteiger partial charge on any atom is 0.136 e. The Morgan fingerprint density at radius 3 is 1.06 bits per heavy atom. The molecule has 4 heteroatoms. The van der Waals surface area contributed by atoms with Crippen LogP contribution in [0.25, 0.3) is 65.4 Å². The monoisotopic (exact) mass is 804 g/mol. The van der Waals surface area contributed by atoms with Crippen molar-refractivity contribution >= 4 is 99.5 Å². The first-order valence-electron chi connectivity index (χ1n) is 21.6. The fourth-order valence-corrected chi connectivity index (χ4v) is 9.40. The standard InChI is InChI=1S/C58H48N2O2/c1-57(2,3)49-21-13-15-23-51(49)59(41-17-9-7-10-18-41)43-27-25-37-31-45-47-35-56-48(36-55(47)61-53(45)33-39(37)29-43)46-32-38-26-28-44(30-40(38)34-54(46)62-56)60(42-19-11-8-12-20-42)52-24-16-14-22-50(52)58(4,5)6/h7-36H,1-6H3. The van der Waals surface area contributed by atoms with Crippen molar-refractivity contribution in [2.75, 3.05) is 9.80 Å². The fourth-order valence-electron chi connectivity index (χ4n) is 9.40. The zero-order valence-electron chi connectivity index (χ0n) is 36.0. The number of hydrogen-bond acceptors (Lipinski definition) is 4. The lowest BCUT2D eigenvalue weighted by molar-refractivity contribution is 0.590. The largest absolute Gasteiger partial charge is 0.456 e. The Hall–Kier alpha value is -7.30. The van der Waals surface area contributed by atoms with E-state index in [4.69, 9.17) is 8.83 Å². The third kappa shape index (κ3) is 6.37. The van der Waals surface area contributed by atoms with Gasteiger partial charge in [-0.1, -0.05) is 126 Å². The molecule has 4 nitrogen and oxygen atoms in total. The smallest absolute Gasteiger partial charge is 0.136 e. The molecule has 0 bridgehead atoms.